The molecule has 0 radical (unpaired) electrons. The molecule has 1 aromatic carbocycles. The number of fused-ring (bicyclic) bond motifs is 1. The SMILES string of the molecule is Oc1ccc2nc(CBr)c(CBr)nc2c1. The maximum atomic E-state index is 9.33. The van der Waals surface area contributed by atoms with Crippen molar-refractivity contribution >= 4 is 42.9 Å². The summed E-state index contributed by atoms with van der Waals surface area (Å²) in [5, 5.41) is 10.7. The molecule has 0 spiro atoms. The Morgan fingerprint density at radius 1 is 1.00 bits per heavy atom. The zero-order chi connectivity index (χ0) is 10.8. The van der Waals surface area contributed by atoms with Crippen LogP contribution in [0.4, 0.5) is 0 Å². The van der Waals surface area contributed by atoms with Crippen molar-refractivity contribution in [2.45, 2.75) is 10.7 Å². The van der Waals surface area contributed by atoms with Crippen LogP contribution in [0, 0.1) is 0 Å². The zero-order valence-electron chi connectivity index (χ0n) is 7.74. The van der Waals surface area contributed by atoms with Crippen LogP contribution >= 0.6 is 31.9 Å². The first-order valence-corrected chi connectivity index (χ1v) is 6.59. The van der Waals surface area contributed by atoms with Gasteiger partial charge in [0.2, 0.25) is 0 Å². The average molecular weight is 332 g/mol. The molecule has 0 atom stereocenters. The van der Waals surface area contributed by atoms with Crippen LogP contribution in [-0.2, 0) is 10.7 Å². The van der Waals surface area contributed by atoms with Crippen LogP contribution in [0.3, 0.4) is 0 Å². The summed E-state index contributed by atoms with van der Waals surface area (Å²) in [5.74, 6) is 0.212. The van der Waals surface area contributed by atoms with E-state index in [0.717, 1.165) is 16.9 Å². The van der Waals surface area contributed by atoms with Gasteiger partial charge in [0.15, 0.2) is 0 Å². The van der Waals surface area contributed by atoms with Gasteiger partial charge < -0.3 is 5.11 Å². The molecule has 1 heterocycles. The number of hydrogen-bond donors (Lipinski definition) is 1. The topological polar surface area (TPSA) is 46.0 Å². The van der Waals surface area contributed by atoms with Crippen LogP contribution in [0.2, 0.25) is 0 Å². The normalized spacial score (nSPS) is 10.8. The van der Waals surface area contributed by atoms with E-state index in [-0.39, 0.29) is 5.75 Å². The molecular formula is C10H8Br2N2O. The van der Waals surface area contributed by atoms with E-state index in [1.54, 1.807) is 18.2 Å². The maximum absolute atomic E-state index is 9.33. The Balaban J connectivity index is 2.69. The molecule has 0 saturated carbocycles. The predicted octanol–water partition coefficient (Wildman–Crippen LogP) is 3.13. The molecule has 5 heteroatoms. The highest BCUT2D eigenvalue weighted by molar-refractivity contribution is 9.09. The first-order valence-electron chi connectivity index (χ1n) is 4.35. The third kappa shape index (κ3) is 2.13. The second kappa shape index (κ2) is 4.45. The van der Waals surface area contributed by atoms with E-state index in [1.165, 1.54) is 0 Å². The molecule has 3 nitrogen and oxygen atoms in total. The minimum atomic E-state index is 0.212. The summed E-state index contributed by atoms with van der Waals surface area (Å²) < 4.78 is 0. The molecule has 1 aromatic heterocycles. The Morgan fingerprint density at radius 3 is 2.20 bits per heavy atom. The predicted molar refractivity (Wildman–Crippen MR) is 66.5 cm³/mol. The molecule has 0 aliphatic rings. The summed E-state index contributed by atoms with van der Waals surface area (Å²) in [4.78, 5) is 8.88. The van der Waals surface area contributed by atoms with E-state index in [4.69, 9.17) is 0 Å². The van der Waals surface area contributed by atoms with Crippen LogP contribution in [0.5, 0.6) is 5.75 Å². The lowest BCUT2D eigenvalue weighted by molar-refractivity contribution is 0.476. The number of aromatic hydroxyl groups is 1. The highest BCUT2D eigenvalue weighted by Gasteiger charge is 2.06. The number of benzene rings is 1. The van der Waals surface area contributed by atoms with Gasteiger partial charge in [-0.25, -0.2) is 9.97 Å². The van der Waals surface area contributed by atoms with E-state index in [0.29, 0.717) is 16.2 Å². The first-order chi connectivity index (χ1) is 7.24. The van der Waals surface area contributed by atoms with E-state index < -0.39 is 0 Å². The summed E-state index contributed by atoms with van der Waals surface area (Å²) in [5.41, 5.74) is 3.33. The van der Waals surface area contributed by atoms with E-state index in [2.05, 4.69) is 41.8 Å². The Labute approximate surface area is 104 Å². The second-order valence-electron chi connectivity index (χ2n) is 3.06. The van der Waals surface area contributed by atoms with Crippen LogP contribution < -0.4 is 0 Å². The number of phenols is 1. The Kier molecular flexibility index (Phi) is 3.21. The fourth-order valence-corrected chi connectivity index (χ4v) is 2.23. The highest BCUT2D eigenvalue weighted by Crippen LogP contribution is 2.20. The molecule has 0 aliphatic heterocycles. The third-order valence-corrected chi connectivity index (χ3v) is 3.12. The molecule has 2 aromatic rings. The fraction of sp³-hybridized carbons (Fsp3) is 0.200. The van der Waals surface area contributed by atoms with Gasteiger partial charge in [0.25, 0.3) is 0 Å². The van der Waals surface area contributed by atoms with Crippen LogP contribution in [0.1, 0.15) is 11.4 Å². The number of aromatic nitrogens is 2. The summed E-state index contributed by atoms with van der Waals surface area (Å²) in [7, 11) is 0. The van der Waals surface area contributed by atoms with Crippen LogP contribution in [0.25, 0.3) is 11.0 Å². The van der Waals surface area contributed by atoms with Crippen molar-refractivity contribution in [3.63, 3.8) is 0 Å². The molecule has 0 unspecified atom stereocenters. The fourth-order valence-electron chi connectivity index (χ4n) is 1.33. The second-order valence-corrected chi connectivity index (χ2v) is 4.18. The molecule has 1 N–H and O–H groups in total. The third-order valence-electron chi connectivity index (χ3n) is 2.06. The molecule has 0 aliphatic carbocycles. The van der Waals surface area contributed by atoms with Gasteiger partial charge in [-0.1, -0.05) is 31.9 Å². The van der Waals surface area contributed by atoms with Crippen LogP contribution in [-0.4, -0.2) is 15.1 Å². The Bertz CT molecular complexity index is 502. The largest absolute Gasteiger partial charge is 0.508 e. The lowest BCUT2D eigenvalue weighted by Crippen LogP contribution is -1.98. The van der Waals surface area contributed by atoms with Gasteiger partial charge in [-0.3, -0.25) is 0 Å². The number of phenolic OH excluding ortho intramolecular Hbond substituents is 1. The van der Waals surface area contributed by atoms with Crippen molar-refractivity contribution in [2.24, 2.45) is 0 Å². The Hall–Kier alpha value is -0.680. The van der Waals surface area contributed by atoms with Crippen molar-refractivity contribution in [1.29, 1.82) is 0 Å². The standard InChI is InChI=1S/C10H8Br2N2O/c11-4-9-10(5-12)14-8-3-6(15)1-2-7(8)13-9/h1-3,15H,4-5H2. The van der Waals surface area contributed by atoms with Gasteiger partial charge in [-0.05, 0) is 12.1 Å². The molecular weight excluding hydrogens is 324 g/mol. The summed E-state index contributed by atoms with van der Waals surface area (Å²) in [6.07, 6.45) is 0. The molecule has 78 valence electrons. The number of halogens is 2. The van der Waals surface area contributed by atoms with Crippen molar-refractivity contribution < 1.29 is 5.11 Å². The van der Waals surface area contributed by atoms with Gasteiger partial charge in [0.1, 0.15) is 5.75 Å². The van der Waals surface area contributed by atoms with Gasteiger partial charge in [0, 0.05) is 16.7 Å². The number of hydrogen-bond acceptors (Lipinski definition) is 3. The monoisotopic (exact) mass is 330 g/mol. The number of alkyl halides is 2. The smallest absolute Gasteiger partial charge is 0.117 e. The van der Waals surface area contributed by atoms with E-state index >= 15 is 0 Å². The van der Waals surface area contributed by atoms with E-state index in [9.17, 15) is 5.11 Å². The van der Waals surface area contributed by atoms with Crippen LogP contribution in [0.15, 0.2) is 18.2 Å². The minimum Gasteiger partial charge on any atom is -0.508 e. The Morgan fingerprint density at radius 2 is 1.60 bits per heavy atom. The number of rotatable bonds is 2. The summed E-state index contributed by atoms with van der Waals surface area (Å²) in [6, 6.07) is 5.00. The van der Waals surface area contributed by atoms with Gasteiger partial charge in [-0.15, -0.1) is 0 Å². The van der Waals surface area contributed by atoms with Crippen molar-refractivity contribution in [3.05, 3.63) is 29.6 Å². The van der Waals surface area contributed by atoms with Crippen molar-refractivity contribution in [1.82, 2.24) is 9.97 Å². The molecule has 15 heavy (non-hydrogen) atoms. The van der Waals surface area contributed by atoms with Gasteiger partial charge in [-0.2, -0.15) is 0 Å². The lowest BCUT2D eigenvalue weighted by atomic mass is 10.2. The van der Waals surface area contributed by atoms with Gasteiger partial charge in [0.05, 0.1) is 22.4 Å². The van der Waals surface area contributed by atoms with Gasteiger partial charge >= 0.3 is 0 Å². The quantitative estimate of drug-likeness (QED) is 0.860. The highest BCUT2D eigenvalue weighted by atomic mass is 79.9. The maximum Gasteiger partial charge on any atom is 0.117 e. The van der Waals surface area contributed by atoms with Crippen molar-refractivity contribution in [2.75, 3.05) is 0 Å². The first kappa shape index (κ1) is 10.8. The average Bonchev–Trinajstić information content (AvgIpc) is 2.27. The molecule has 0 amide bonds. The zero-order valence-corrected chi connectivity index (χ0v) is 10.9. The molecule has 2 rings (SSSR count). The molecule has 0 bridgehead atoms. The van der Waals surface area contributed by atoms with Crippen molar-refractivity contribution in [3.8, 4) is 5.75 Å². The molecule has 0 saturated heterocycles. The molecule has 0 fully saturated rings. The summed E-state index contributed by atoms with van der Waals surface area (Å²) in [6.45, 7) is 0. The number of nitrogens with zero attached hydrogens (tertiary/aromatic N) is 2. The summed E-state index contributed by atoms with van der Waals surface area (Å²) >= 11 is 6.74. The van der Waals surface area contributed by atoms with E-state index in [1.807, 2.05) is 0 Å². The lowest BCUT2D eigenvalue weighted by Gasteiger charge is -2.05. The minimum absolute atomic E-state index is 0.212.